The SMILES string of the molecule is CCOC(=O)[C@H]1OCO[C@@H]1C(=O)OC. The van der Waals surface area contributed by atoms with Crippen LogP contribution in [0.15, 0.2) is 0 Å². The van der Waals surface area contributed by atoms with Gasteiger partial charge in [0.05, 0.1) is 13.7 Å². The fourth-order valence-electron chi connectivity index (χ4n) is 1.08. The van der Waals surface area contributed by atoms with Crippen molar-refractivity contribution >= 4 is 11.9 Å². The van der Waals surface area contributed by atoms with Gasteiger partial charge in [0, 0.05) is 0 Å². The standard InChI is InChI=1S/C8H12O6/c1-3-12-8(10)6-5(7(9)11-2)13-4-14-6/h5-6H,3-4H2,1-2H3/t5-,6-/m0/s1. The second-order valence-electron chi connectivity index (χ2n) is 2.57. The Morgan fingerprint density at radius 1 is 1.29 bits per heavy atom. The van der Waals surface area contributed by atoms with Crippen LogP contribution < -0.4 is 0 Å². The summed E-state index contributed by atoms with van der Waals surface area (Å²) in [6.45, 7) is 1.79. The van der Waals surface area contributed by atoms with Gasteiger partial charge in [-0.05, 0) is 6.92 Å². The molecule has 1 aliphatic heterocycles. The highest BCUT2D eigenvalue weighted by Crippen LogP contribution is 2.15. The molecule has 0 bridgehead atoms. The predicted octanol–water partition coefficient (Wildman–Crippen LogP) is -0.536. The summed E-state index contributed by atoms with van der Waals surface area (Å²) < 4.78 is 18.9. The van der Waals surface area contributed by atoms with Gasteiger partial charge in [0.25, 0.3) is 0 Å². The minimum absolute atomic E-state index is 0.108. The Labute approximate surface area is 81.1 Å². The average molecular weight is 204 g/mol. The molecule has 0 aliphatic carbocycles. The number of methoxy groups -OCH3 is 1. The van der Waals surface area contributed by atoms with E-state index in [0.717, 1.165) is 0 Å². The Morgan fingerprint density at radius 2 is 1.86 bits per heavy atom. The van der Waals surface area contributed by atoms with Gasteiger partial charge in [0.1, 0.15) is 6.79 Å². The highest BCUT2D eigenvalue weighted by atomic mass is 16.7. The van der Waals surface area contributed by atoms with Crippen LogP contribution in [0.3, 0.4) is 0 Å². The van der Waals surface area contributed by atoms with Crippen molar-refractivity contribution in [2.45, 2.75) is 19.1 Å². The molecule has 1 saturated heterocycles. The number of carbonyl (C=O) groups excluding carboxylic acids is 2. The molecule has 14 heavy (non-hydrogen) atoms. The van der Waals surface area contributed by atoms with Crippen LogP contribution in [0.2, 0.25) is 0 Å². The summed E-state index contributed by atoms with van der Waals surface area (Å²) in [6, 6.07) is 0. The third-order valence-corrected chi connectivity index (χ3v) is 1.72. The average Bonchev–Trinajstić information content (AvgIpc) is 2.65. The second-order valence-corrected chi connectivity index (χ2v) is 2.57. The summed E-state index contributed by atoms with van der Waals surface area (Å²) in [5, 5.41) is 0. The molecular weight excluding hydrogens is 192 g/mol. The van der Waals surface area contributed by atoms with Gasteiger partial charge in [-0.1, -0.05) is 0 Å². The first kappa shape index (κ1) is 10.9. The summed E-state index contributed by atoms with van der Waals surface area (Å²) in [6.07, 6.45) is -2.03. The molecule has 0 saturated carbocycles. The number of hydrogen-bond donors (Lipinski definition) is 0. The molecule has 0 aromatic carbocycles. The van der Waals surface area contributed by atoms with Crippen LogP contribution in [0.1, 0.15) is 6.92 Å². The molecule has 0 spiro atoms. The van der Waals surface area contributed by atoms with Crippen molar-refractivity contribution in [3.63, 3.8) is 0 Å². The Morgan fingerprint density at radius 3 is 2.36 bits per heavy atom. The number of rotatable bonds is 3. The third kappa shape index (κ3) is 2.21. The Balaban J connectivity index is 2.59. The highest BCUT2D eigenvalue weighted by molar-refractivity contribution is 5.86. The third-order valence-electron chi connectivity index (χ3n) is 1.72. The van der Waals surface area contributed by atoms with Crippen molar-refractivity contribution in [3.8, 4) is 0 Å². The molecule has 1 rings (SSSR count). The quantitative estimate of drug-likeness (QED) is 0.575. The van der Waals surface area contributed by atoms with Crippen molar-refractivity contribution in [1.29, 1.82) is 0 Å². The molecule has 0 radical (unpaired) electrons. The minimum Gasteiger partial charge on any atom is -0.467 e. The van der Waals surface area contributed by atoms with Crippen molar-refractivity contribution in [1.82, 2.24) is 0 Å². The van der Waals surface area contributed by atoms with Crippen molar-refractivity contribution in [3.05, 3.63) is 0 Å². The van der Waals surface area contributed by atoms with E-state index in [1.165, 1.54) is 7.11 Å². The van der Waals surface area contributed by atoms with Crippen LogP contribution in [0.5, 0.6) is 0 Å². The first-order valence-corrected chi connectivity index (χ1v) is 4.18. The van der Waals surface area contributed by atoms with Gasteiger partial charge < -0.3 is 18.9 Å². The number of esters is 2. The van der Waals surface area contributed by atoms with Crippen LogP contribution in [-0.4, -0.2) is 44.7 Å². The van der Waals surface area contributed by atoms with E-state index in [2.05, 4.69) is 4.74 Å². The molecule has 6 heteroatoms. The zero-order valence-electron chi connectivity index (χ0n) is 8.02. The monoisotopic (exact) mass is 204 g/mol. The van der Waals surface area contributed by atoms with Gasteiger partial charge >= 0.3 is 11.9 Å². The van der Waals surface area contributed by atoms with E-state index < -0.39 is 24.1 Å². The Kier molecular flexibility index (Phi) is 3.84. The predicted molar refractivity (Wildman–Crippen MR) is 43.3 cm³/mol. The molecule has 2 atom stereocenters. The maximum Gasteiger partial charge on any atom is 0.338 e. The Hall–Kier alpha value is -1.14. The lowest BCUT2D eigenvalue weighted by atomic mass is 10.2. The molecule has 80 valence electrons. The van der Waals surface area contributed by atoms with Crippen molar-refractivity contribution in [2.24, 2.45) is 0 Å². The molecular formula is C8H12O6. The first-order valence-electron chi connectivity index (χ1n) is 4.18. The molecule has 1 aliphatic rings. The summed E-state index contributed by atoms with van der Waals surface area (Å²) >= 11 is 0. The van der Waals surface area contributed by atoms with Crippen LogP contribution >= 0.6 is 0 Å². The molecule has 0 aromatic rings. The maximum absolute atomic E-state index is 11.2. The summed E-state index contributed by atoms with van der Waals surface area (Å²) in [7, 11) is 1.21. The summed E-state index contributed by atoms with van der Waals surface area (Å²) in [5.41, 5.74) is 0. The molecule has 0 N–H and O–H groups in total. The van der Waals surface area contributed by atoms with E-state index in [4.69, 9.17) is 14.2 Å². The van der Waals surface area contributed by atoms with E-state index in [9.17, 15) is 9.59 Å². The number of carbonyl (C=O) groups is 2. The number of hydrogen-bond acceptors (Lipinski definition) is 6. The minimum atomic E-state index is -1.01. The zero-order valence-corrected chi connectivity index (χ0v) is 8.02. The van der Waals surface area contributed by atoms with E-state index in [1.807, 2.05) is 0 Å². The highest BCUT2D eigenvalue weighted by Gasteiger charge is 2.42. The normalized spacial score (nSPS) is 25.9. The first-order chi connectivity index (χ1) is 6.70. The van der Waals surface area contributed by atoms with E-state index in [-0.39, 0.29) is 13.4 Å². The molecule has 0 unspecified atom stereocenters. The number of ether oxygens (including phenoxy) is 4. The second kappa shape index (κ2) is 4.92. The maximum atomic E-state index is 11.2. The van der Waals surface area contributed by atoms with Crippen LogP contribution in [0, 0.1) is 0 Å². The van der Waals surface area contributed by atoms with Gasteiger partial charge in [-0.3, -0.25) is 0 Å². The van der Waals surface area contributed by atoms with Crippen LogP contribution in [0.25, 0.3) is 0 Å². The molecule has 6 nitrogen and oxygen atoms in total. The molecule has 1 fully saturated rings. The zero-order chi connectivity index (χ0) is 10.6. The summed E-state index contributed by atoms with van der Waals surface area (Å²) in [4.78, 5) is 22.3. The summed E-state index contributed by atoms with van der Waals surface area (Å²) in [5.74, 6) is -1.25. The fourth-order valence-corrected chi connectivity index (χ4v) is 1.08. The van der Waals surface area contributed by atoms with Crippen molar-refractivity contribution < 1.29 is 28.5 Å². The lowest BCUT2D eigenvalue weighted by molar-refractivity contribution is -0.161. The topological polar surface area (TPSA) is 71.1 Å². The van der Waals surface area contributed by atoms with E-state index in [0.29, 0.717) is 0 Å². The molecule has 0 aromatic heterocycles. The molecule has 0 amide bonds. The van der Waals surface area contributed by atoms with Crippen molar-refractivity contribution in [2.75, 3.05) is 20.5 Å². The fraction of sp³-hybridized carbons (Fsp3) is 0.750. The van der Waals surface area contributed by atoms with Gasteiger partial charge in [0.2, 0.25) is 0 Å². The largest absolute Gasteiger partial charge is 0.467 e. The van der Waals surface area contributed by atoms with Crippen LogP contribution in [0.4, 0.5) is 0 Å². The smallest absolute Gasteiger partial charge is 0.338 e. The lowest BCUT2D eigenvalue weighted by Gasteiger charge is -2.12. The molecule has 1 heterocycles. The van der Waals surface area contributed by atoms with Crippen LogP contribution in [-0.2, 0) is 28.5 Å². The lowest BCUT2D eigenvalue weighted by Crippen LogP contribution is -2.39. The Bertz CT molecular complexity index is 226. The van der Waals surface area contributed by atoms with Gasteiger partial charge in [0.15, 0.2) is 12.2 Å². The van der Waals surface area contributed by atoms with E-state index in [1.54, 1.807) is 6.92 Å². The van der Waals surface area contributed by atoms with Gasteiger partial charge in [-0.25, -0.2) is 9.59 Å². The van der Waals surface area contributed by atoms with Gasteiger partial charge in [-0.2, -0.15) is 0 Å². The van der Waals surface area contributed by atoms with E-state index >= 15 is 0 Å². The van der Waals surface area contributed by atoms with Gasteiger partial charge in [-0.15, -0.1) is 0 Å².